The molecule has 0 aliphatic carbocycles. The Hall–Kier alpha value is -1.07. The molecule has 2 N–H and O–H groups in total. The van der Waals surface area contributed by atoms with E-state index in [1.165, 1.54) is 6.08 Å². The normalized spacial score (nSPS) is 12.8. The molecule has 0 fully saturated rings. The Labute approximate surface area is 96.4 Å². The van der Waals surface area contributed by atoms with Gasteiger partial charge in [0.2, 0.25) is 0 Å². The fourth-order valence-corrected chi connectivity index (χ4v) is 1.10. The molecule has 0 saturated carbocycles. The van der Waals surface area contributed by atoms with Gasteiger partial charge < -0.3 is 5.73 Å². The molecular formula is C10H10ClF4N. The maximum atomic E-state index is 13.0. The molecule has 1 atom stereocenters. The van der Waals surface area contributed by atoms with E-state index < -0.39 is 23.6 Å². The average Bonchev–Trinajstić information content (AvgIpc) is 2.14. The van der Waals surface area contributed by atoms with Crippen LogP contribution in [0.2, 0.25) is 0 Å². The number of halogens is 5. The van der Waals surface area contributed by atoms with Crippen molar-refractivity contribution in [1.82, 2.24) is 0 Å². The van der Waals surface area contributed by atoms with Crippen molar-refractivity contribution in [2.45, 2.75) is 12.2 Å². The minimum atomic E-state index is -4.68. The number of alkyl halides is 3. The number of hydrogen-bond acceptors (Lipinski definition) is 1. The summed E-state index contributed by atoms with van der Waals surface area (Å²) in [5, 5.41) is 0. The van der Waals surface area contributed by atoms with Gasteiger partial charge in [0.15, 0.2) is 0 Å². The standard InChI is InChI=1S/C10H9F4N.ClH/c1-2-9(15)6-3-4-7(8(11)5-6)10(12,13)14;/h2-5,9H,1,15H2;1H/t9-;/m0./s1. The van der Waals surface area contributed by atoms with Gasteiger partial charge in [0.05, 0.1) is 5.56 Å². The molecule has 0 bridgehead atoms. The minimum Gasteiger partial charge on any atom is -0.321 e. The summed E-state index contributed by atoms with van der Waals surface area (Å²) in [6.07, 6.45) is -3.36. The van der Waals surface area contributed by atoms with Crippen LogP contribution < -0.4 is 5.73 Å². The Morgan fingerprint density at radius 1 is 1.31 bits per heavy atom. The predicted octanol–water partition coefficient (Wildman–Crippen LogP) is 3.45. The molecule has 90 valence electrons. The van der Waals surface area contributed by atoms with Gasteiger partial charge in [-0.3, -0.25) is 0 Å². The summed E-state index contributed by atoms with van der Waals surface area (Å²) >= 11 is 0. The number of rotatable bonds is 2. The number of nitrogens with two attached hydrogens (primary N) is 1. The largest absolute Gasteiger partial charge is 0.419 e. The molecule has 0 radical (unpaired) electrons. The summed E-state index contributed by atoms with van der Waals surface area (Å²) in [6, 6.07) is 1.92. The predicted molar refractivity (Wildman–Crippen MR) is 55.8 cm³/mol. The topological polar surface area (TPSA) is 26.0 Å². The summed E-state index contributed by atoms with van der Waals surface area (Å²) < 4.78 is 49.5. The van der Waals surface area contributed by atoms with E-state index in [-0.39, 0.29) is 18.0 Å². The molecule has 1 aromatic rings. The minimum absolute atomic E-state index is 0. The third-order valence-electron chi connectivity index (χ3n) is 1.94. The van der Waals surface area contributed by atoms with Crippen molar-refractivity contribution in [2.75, 3.05) is 0 Å². The van der Waals surface area contributed by atoms with E-state index in [1.807, 2.05) is 0 Å². The third kappa shape index (κ3) is 3.21. The molecule has 1 nitrogen and oxygen atoms in total. The number of hydrogen-bond donors (Lipinski definition) is 1. The van der Waals surface area contributed by atoms with Gasteiger partial charge >= 0.3 is 6.18 Å². The van der Waals surface area contributed by atoms with Crippen LogP contribution in [0.4, 0.5) is 17.6 Å². The fourth-order valence-electron chi connectivity index (χ4n) is 1.10. The Kier molecular flexibility index (Phi) is 4.96. The van der Waals surface area contributed by atoms with Gasteiger partial charge in [0.1, 0.15) is 5.82 Å². The number of benzene rings is 1. The van der Waals surface area contributed by atoms with Gasteiger partial charge in [-0.05, 0) is 17.7 Å². The van der Waals surface area contributed by atoms with Crippen LogP contribution in [0.3, 0.4) is 0 Å². The van der Waals surface area contributed by atoms with Crippen LogP contribution in [0.1, 0.15) is 17.2 Å². The Balaban J connectivity index is 0.00000225. The lowest BCUT2D eigenvalue weighted by Crippen LogP contribution is -2.11. The summed E-state index contributed by atoms with van der Waals surface area (Å²) in [6.45, 7) is 3.37. The van der Waals surface area contributed by atoms with Crippen molar-refractivity contribution in [3.8, 4) is 0 Å². The van der Waals surface area contributed by atoms with E-state index in [2.05, 4.69) is 6.58 Å². The first-order valence-corrected chi connectivity index (χ1v) is 4.11. The van der Waals surface area contributed by atoms with Gasteiger partial charge in [-0.1, -0.05) is 12.1 Å². The quantitative estimate of drug-likeness (QED) is 0.636. The monoisotopic (exact) mass is 255 g/mol. The Morgan fingerprint density at radius 3 is 2.25 bits per heavy atom. The molecule has 0 saturated heterocycles. The molecule has 6 heteroatoms. The Bertz CT molecular complexity index is 376. The first-order valence-electron chi connectivity index (χ1n) is 4.11. The molecule has 0 amide bonds. The molecule has 0 heterocycles. The smallest absolute Gasteiger partial charge is 0.321 e. The third-order valence-corrected chi connectivity index (χ3v) is 1.94. The van der Waals surface area contributed by atoms with Crippen LogP contribution >= 0.6 is 12.4 Å². The summed E-state index contributed by atoms with van der Waals surface area (Å²) in [5.74, 6) is -1.32. The zero-order chi connectivity index (χ0) is 11.6. The van der Waals surface area contributed by atoms with E-state index in [0.29, 0.717) is 6.07 Å². The van der Waals surface area contributed by atoms with Gasteiger partial charge in [0, 0.05) is 6.04 Å². The van der Waals surface area contributed by atoms with Crippen LogP contribution in [-0.2, 0) is 6.18 Å². The Morgan fingerprint density at radius 2 is 1.88 bits per heavy atom. The second kappa shape index (κ2) is 5.32. The molecule has 0 aliphatic heterocycles. The average molecular weight is 256 g/mol. The lowest BCUT2D eigenvalue weighted by Gasteiger charge is -2.11. The lowest BCUT2D eigenvalue weighted by atomic mass is 10.0. The summed E-state index contributed by atoms with van der Waals surface area (Å²) in [5.41, 5.74) is 4.43. The highest BCUT2D eigenvalue weighted by atomic mass is 35.5. The summed E-state index contributed by atoms with van der Waals surface area (Å²) in [4.78, 5) is 0. The fraction of sp³-hybridized carbons (Fsp3) is 0.200. The molecule has 0 spiro atoms. The molecule has 1 rings (SSSR count). The van der Waals surface area contributed by atoms with E-state index in [4.69, 9.17) is 5.73 Å². The van der Waals surface area contributed by atoms with Gasteiger partial charge in [0.25, 0.3) is 0 Å². The van der Waals surface area contributed by atoms with Crippen LogP contribution in [0.15, 0.2) is 30.9 Å². The SMILES string of the molecule is C=C[C@H](N)c1ccc(C(F)(F)F)c(F)c1.Cl. The van der Waals surface area contributed by atoms with Crippen LogP contribution in [-0.4, -0.2) is 0 Å². The summed E-state index contributed by atoms with van der Waals surface area (Å²) in [7, 11) is 0. The molecule has 0 aliphatic rings. The van der Waals surface area contributed by atoms with E-state index in [1.54, 1.807) is 0 Å². The highest BCUT2D eigenvalue weighted by Gasteiger charge is 2.33. The lowest BCUT2D eigenvalue weighted by molar-refractivity contribution is -0.140. The van der Waals surface area contributed by atoms with Crippen molar-refractivity contribution < 1.29 is 17.6 Å². The maximum absolute atomic E-state index is 13.0. The second-order valence-electron chi connectivity index (χ2n) is 3.00. The van der Waals surface area contributed by atoms with Crippen molar-refractivity contribution in [2.24, 2.45) is 5.73 Å². The molecule has 16 heavy (non-hydrogen) atoms. The second-order valence-corrected chi connectivity index (χ2v) is 3.00. The van der Waals surface area contributed by atoms with Crippen molar-refractivity contribution in [1.29, 1.82) is 0 Å². The van der Waals surface area contributed by atoms with E-state index in [9.17, 15) is 17.6 Å². The van der Waals surface area contributed by atoms with Crippen molar-refractivity contribution in [3.05, 3.63) is 47.8 Å². The van der Waals surface area contributed by atoms with Gasteiger partial charge in [-0.15, -0.1) is 19.0 Å². The zero-order valence-corrected chi connectivity index (χ0v) is 8.91. The van der Waals surface area contributed by atoms with Crippen LogP contribution in [0.5, 0.6) is 0 Å². The maximum Gasteiger partial charge on any atom is 0.419 e. The first-order chi connectivity index (χ1) is 6.86. The highest BCUT2D eigenvalue weighted by Crippen LogP contribution is 2.32. The van der Waals surface area contributed by atoms with E-state index in [0.717, 1.165) is 12.1 Å². The van der Waals surface area contributed by atoms with E-state index >= 15 is 0 Å². The highest BCUT2D eigenvalue weighted by molar-refractivity contribution is 5.85. The molecule has 0 unspecified atom stereocenters. The van der Waals surface area contributed by atoms with Crippen molar-refractivity contribution >= 4 is 12.4 Å². The molecule has 0 aromatic heterocycles. The molecule has 1 aromatic carbocycles. The molecular weight excluding hydrogens is 246 g/mol. The first kappa shape index (κ1) is 14.9. The zero-order valence-electron chi connectivity index (χ0n) is 8.09. The van der Waals surface area contributed by atoms with Crippen molar-refractivity contribution in [3.63, 3.8) is 0 Å². The van der Waals surface area contributed by atoms with Gasteiger partial charge in [-0.2, -0.15) is 13.2 Å². The van der Waals surface area contributed by atoms with Crippen LogP contribution in [0.25, 0.3) is 0 Å². The van der Waals surface area contributed by atoms with Gasteiger partial charge in [-0.25, -0.2) is 4.39 Å². The van der Waals surface area contributed by atoms with Crippen LogP contribution in [0, 0.1) is 5.82 Å².